The summed E-state index contributed by atoms with van der Waals surface area (Å²) in [6.45, 7) is 0.486. The highest BCUT2D eigenvalue weighted by atomic mass is 32.2. The summed E-state index contributed by atoms with van der Waals surface area (Å²) in [6.07, 6.45) is 0. The molecule has 0 saturated heterocycles. The fourth-order valence-corrected chi connectivity index (χ4v) is 3.01. The SMILES string of the molecule is COc1cccc(S(=O)(=O)CCN(C)CC(=O)N(C)C)c1. The largest absolute Gasteiger partial charge is 0.497 e. The molecule has 21 heavy (non-hydrogen) atoms. The van der Waals surface area contributed by atoms with Gasteiger partial charge in [0.15, 0.2) is 9.84 Å². The summed E-state index contributed by atoms with van der Waals surface area (Å²) in [5, 5.41) is 0. The van der Waals surface area contributed by atoms with Crippen LogP contribution in [0, 0.1) is 0 Å². The lowest BCUT2D eigenvalue weighted by Crippen LogP contribution is -2.36. The molecule has 0 fully saturated rings. The van der Waals surface area contributed by atoms with Crippen molar-refractivity contribution in [2.24, 2.45) is 0 Å². The van der Waals surface area contributed by atoms with E-state index in [9.17, 15) is 13.2 Å². The van der Waals surface area contributed by atoms with E-state index in [4.69, 9.17) is 4.74 Å². The summed E-state index contributed by atoms with van der Waals surface area (Å²) < 4.78 is 29.5. The first kappa shape index (κ1) is 17.5. The van der Waals surface area contributed by atoms with Crippen molar-refractivity contribution in [1.82, 2.24) is 9.80 Å². The van der Waals surface area contributed by atoms with Gasteiger partial charge in [0.25, 0.3) is 0 Å². The summed E-state index contributed by atoms with van der Waals surface area (Å²) in [6, 6.07) is 6.38. The smallest absolute Gasteiger partial charge is 0.236 e. The molecule has 1 aromatic carbocycles. The number of likely N-dealkylation sites (N-methyl/N-ethyl adjacent to an activating group) is 2. The lowest BCUT2D eigenvalue weighted by molar-refractivity contribution is -0.129. The zero-order chi connectivity index (χ0) is 16.0. The summed E-state index contributed by atoms with van der Waals surface area (Å²) in [4.78, 5) is 15.0. The number of sulfone groups is 1. The average molecular weight is 314 g/mol. The molecule has 1 aromatic rings. The molecule has 0 heterocycles. The van der Waals surface area contributed by atoms with Gasteiger partial charge < -0.3 is 9.64 Å². The predicted molar refractivity (Wildman–Crippen MR) is 81.2 cm³/mol. The van der Waals surface area contributed by atoms with Crippen LogP contribution in [0.4, 0.5) is 0 Å². The van der Waals surface area contributed by atoms with Gasteiger partial charge in [0.2, 0.25) is 5.91 Å². The third-order valence-corrected chi connectivity index (χ3v) is 4.74. The lowest BCUT2D eigenvalue weighted by Gasteiger charge is -2.18. The number of carbonyl (C=O) groups excluding carboxylic acids is 1. The standard InChI is InChI=1S/C14H22N2O4S/c1-15(2)14(17)11-16(3)8-9-21(18,19)13-7-5-6-12(10-13)20-4/h5-7,10H,8-9,11H2,1-4H3. The molecule has 0 aliphatic heterocycles. The second kappa shape index (κ2) is 7.42. The zero-order valence-electron chi connectivity index (χ0n) is 12.9. The Morgan fingerprint density at radius 3 is 2.48 bits per heavy atom. The van der Waals surface area contributed by atoms with Crippen molar-refractivity contribution in [3.63, 3.8) is 0 Å². The molecule has 0 N–H and O–H groups in total. The van der Waals surface area contributed by atoms with Crippen molar-refractivity contribution in [1.29, 1.82) is 0 Å². The maximum atomic E-state index is 12.2. The van der Waals surface area contributed by atoms with Gasteiger partial charge in [0, 0.05) is 20.6 Å². The van der Waals surface area contributed by atoms with Crippen LogP contribution in [0.25, 0.3) is 0 Å². The van der Waals surface area contributed by atoms with Crippen LogP contribution in [-0.4, -0.2) is 71.2 Å². The Hall–Kier alpha value is -1.60. The first-order chi connectivity index (χ1) is 9.76. The number of methoxy groups -OCH3 is 1. The van der Waals surface area contributed by atoms with E-state index in [1.807, 2.05) is 0 Å². The zero-order valence-corrected chi connectivity index (χ0v) is 13.7. The molecule has 1 amide bonds. The van der Waals surface area contributed by atoms with Crippen molar-refractivity contribution in [3.05, 3.63) is 24.3 Å². The first-order valence-electron chi connectivity index (χ1n) is 6.52. The van der Waals surface area contributed by atoms with E-state index < -0.39 is 9.84 Å². The summed E-state index contributed by atoms with van der Waals surface area (Å²) in [5.74, 6) is 0.403. The topological polar surface area (TPSA) is 66.9 Å². The van der Waals surface area contributed by atoms with Crippen molar-refractivity contribution in [3.8, 4) is 5.75 Å². The third-order valence-electron chi connectivity index (χ3n) is 3.05. The van der Waals surface area contributed by atoms with Crippen LogP contribution in [0.2, 0.25) is 0 Å². The van der Waals surface area contributed by atoms with Crippen LogP contribution in [0.1, 0.15) is 0 Å². The average Bonchev–Trinajstić information content (AvgIpc) is 2.45. The number of amides is 1. The van der Waals surface area contributed by atoms with Crippen LogP contribution in [0.5, 0.6) is 5.75 Å². The Balaban J connectivity index is 2.66. The normalized spacial score (nSPS) is 11.5. The van der Waals surface area contributed by atoms with Gasteiger partial charge in [-0.1, -0.05) is 6.07 Å². The van der Waals surface area contributed by atoms with E-state index >= 15 is 0 Å². The molecular weight excluding hydrogens is 292 g/mol. The molecule has 118 valence electrons. The Labute approximate surface area is 126 Å². The van der Waals surface area contributed by atoms with E-state index in [-0.39, 0.29) is 23.1 Å². The highest BCUT2D eigenvalue weighted by Gasteiger charge is 2.17. The second-order valence-electron chi connectivity index (χ2n) is 5.02. The van der Waals surface area contributed by atoms with Crippen molar-refractivity contribution < 1.29 is 17.9 Å². The van der Waals surface area contributed by atoms with E-state index in [0.717, 1.165) is 0 Å². The predicted octanol–water partition coefficient (Wildman–Crippen LogP) is 0.489. The van der Waals surface area contributed by atoms with Gasteiger partial charge in [-0.25, -0.2) is 8.42 Å². The minimum absolute atomic E-state index is 0.0443. The van der Waals surface area contributed by atoms with Gasteiger partial charge in [-0.15, -0.1) is 0 Å². The highest BCUT2D eigenvalue weighted by Crippen LogP contribution is 2.18. The fourth-order valence-electron chi connectivity index (χ4n) is 1.64. The summed E-state index contributed by atoms with van der Waals surface area (Å²) >= 11 is 0. The maximum absolute atomic E-state index is 12.2. The fraction of sp³-hybridized carbons (Fsp3) is 0.500. The minimum atomic E-state index is -3.39. The molecule has 0 spiro atoms. The molecule has 0 saturated carbocycles. The van der Waals surface area contributed by atoms with Gasteiger partial charge in [0.05, 0.1) is 24.3 Å². The van der Waals surface area contributed by atoms with Gasteiger partial charge in [-0.3, -0.25) is 9.69 Å². The number of carbonyl (C=O) groups is 1. The number of hydrogen-bond donors (Lipinski definition) is 0. The first-order valence-corrected chi connectivity index (χ1v) is 8.17. The van der Waals surface area contributed by atoms with Crippen LogP contribution < -0.4 is 4.74 Å². The molecular formula is C14H22N2O4S. The van der Waals surface area contributed by atoms with Crippen LogP contribution in [0.3, 0.4) is 0 Å². The summed E-state index contributed by atoms with van der Waals surface area (Å²) in [5.41, 5.74) is 0. The van der Waals surface area contributed by atoms with Crippen molar-refractivity contribution in [2.45, 2.75) is 4.90 Å². The molecule has 0 aliphatic carbocycles. The molecule has 0 bridgehead atoms. The lowest BCUT2D eigenvalue weighted by atomic mass is 10.3. The van der Waals surface area contributed by atoms with Gasteiger partial charge in [-0.2, -0.15) is 0 Å². The molecule has 0 unspecified atom stereocenters. The van der Waals surface area contributed by atoms with Crippen LogP contribution in [0.15, 0.2) is 29.2 Å². The number of benzene rings is 1. The number of ether oxygens (including phenoxy) is 1. The quantitative estimate of drug-likeness (QED) is 0.733. The molecule has 7 heteroatoms. The molecule has 0 atom stereocenters. The Morgan fingerprint density at radius 1 is 1.24 bits per heavy atom. The molecule has 0 aromatic heterocycles. The van der Waals surface area contributed by atoms with E-state index in [0.29, 0.717) is 12.3 Å². The van der Waals surface area contributed by atoms with E-state index in [2.05, 4.69) is 0 Å². The Kier molecular flexibility index (Phi) is 6.17. The molecule has 6 nitrogen and oxygen atoms in total. The third kappa shape index (κ3) is 5.35. The summed E-state index contributed by atoms with van der Waals surface area (Å²) in [7, 11) is 3.17. The van der Waals surface area contributed by atoms with E-state index in [1.165, 1.54) is 18.1 Å². The van der Waals surface area contributed by atoms with Crippen LogP contribution in [-0.2, 0) is 14.6 Å². The van der Waals surface area contributed by atoms with E-state index in [1.54, 1.807) is 44.2 Å². The highest BCUT2D eigenvalue weighted by molar-refractivity contribution is 7.91. The number of rotatable bonds is 7. The van der Waals surface area contributed by atoms with Crippen LogP contribution >= 0.6 is 0 Å². The molecule has 0 aliphatic rings. The second-order valence-corrected chi connectivity index (χ2v) is 7.13. The van der Waals surface area contributed by atoms with Gasteiger partial charge in [-0.05, 0) is 25.2 Å². The van der Waals surface area contributed by atoms with Gasteiger partial charge >= 0.3 is 0 Å². The molecule has 1 rings (SSSR count). The molecule has 0 radical (unpaired) electrons. The Bertz CT molecular complexity index is 584. The Morgan fingerprint density at radius 2 is 1.90 bits per heavy atom. The number of hydrogen-bond acceptors (Lipinski definition) is 5. The van der Waals surface area contributed by atoms with Crippen molar-refractivity contribution >= 4 is 15.7 Å². The number of nitrogens with zero attached hydrogens (tertiary/aromatic N) is 2. The van der Waals surface area contributed by atoms with Crippen molar-refractivity contribution in [2.75, 3.05) is 47.1 Å². The monoisotopic (exact) mass is 314 g/mol. The van der Waals surface area contributed by atoms with Gasteiger partial charge in [0.1, 0.15) is 5.75 Å². The minimum Gasteiger partial charge on any atom is -0.497 e. The maximum Gasteiger partial charge on any atom is 0.236 e.